The van der Waals surface area contributed by atoms with Gasteiger partial charge in [0.1, 0.15) is 0 Å². The monoisotopic (exact) mass is 357 g/mol. The SMILES string of the molecule is Cn1cc(-c2nc([C@@H]3CCCCCN3C(=O)C3CCCCC3)no2)cn1. The number of amides is 1. The summed E-state index contributed by atoms with van der Waals surface area (Å²) < 4.78 is 7.19. The zero-order chi connectivity index (χ0) is 17.9. The Morgan fingerprint density at radius 1 is 1.12 bits per heavy atom. The summed E-state index contributed by atoms with van der Waals surface area (Å²) in [6, 6.07) is -0.0684. The Labute approximate surface area is 153 Å². The Morgan fingerprint density at radius 3 is 2.65 bits per heavy atom. The van der Waals surface area contributed by atoms with Crippen molar-refractivity contribution in [1.29, 1.82) is 0 Å². The highest BCUT2D eigenvalue weighted by molar-refractivity contribution is 5.79. The molecule has 2 aromatic heterocycles. The fourth-order valence-electron chi connectivity index (χ4n) is 4.24. The van der Waals surface area contributed by atoms with Crippen LogP contribution in [0.5, 0.6) is 0 Å². The first kappa shape index (κ1) is 17.2. The largest absolute Gasteiger partial charge is 0.334 e. The second-order valence-electron chi connectivity index (χ2n) is 7.59. The first-order chi connectivity index (χ1) is 12.7. The van der Waals surface area contributed by atoms with Crippen molar-refractivity contribution in [3.63, 3.8) is 0 Å². The van der Waals surface area contributed by atoms with Crippen LogP contribution in [0.25, 0.3) is 11.5 Å². The molecule has 2 aliphatic rings. The van der Waals surface area contributed by atoms with Crippen LogP contribution in [0.1, 0.15) is 69.7 Å². The van der Waals surface area contributed by atoms with E-state index in [0.29, 0.717) is 17.6 Å². The van der Waals surface area contributed by atoms with Crippen molar-refractivity contribution < 1.29 is 9.32 Å². The Kier molecular flexibility index (Phi) is 5.04. The third kappa shape index (κ3) is 3.52. The smallest absolute Gasteiger partial charge is 0.261 e. The van der Waals surface area contributed by atoms with Gasteiger partial charge in [0.05, 0.1) is 17.8 Å². The molecule has 7 nitrogen and oxygen atoms in total. The Balaban J connectivity index is 1.57. The molecule has 26 heavy (non-hydrogen) atoms. The van der Waals surface area contributed by atoms with Gasteiger partial charge in [-0.3, -0.25) is 9.48 Å². The van der Waals surface area contributed by atoms with Crippen LogP contribution in [0.15, 0.2) is 16.9 Å². The van der Waals surface area contributed by atoms with E-state index < -0.39 is 0 Å². The van der Waals surface area contributed by atoms with Crippen LogP contribution in [0.2, 0.25) is 0 Å². The molecule has 1 saturated heterocycles. The lowest BCUT2D eigenvalue weighted by Crippen LogP contribution is -2.40. The van der Waals surface area contributed by atoms with E-state index in [-0.39, 0.29) is 12.0 Å². The number of carbonyl (C=O) groups is 1. The molecular formula is C19H27N5O2. The van der Waals surface area contributed by atoms with Gasteiger partial charge in [-0.05, 0) is 25.7 Å². The van der Waals surface area contributed by atoms with Gasteiger partial charge in [0.2, 0.25) is 5.91 Å². The van der Waals surface area contributed by atoms with Gasteiger partial charge in [-0.2, -0.15) is 10.1 Å². The molecule has 0 unspecified atom stereocenters. The number of hydrogen-bond donors (Lipinski definition) is 0. The number of carbonyl (C=O) groups excluding carboxylic acids is 1. The van der Waals surface area contributed by atoms with Crippen molar-refractivity contribution in [2.45, 2.75) is 63.8 Å². The lowest BCUT2D eigenvalue weighted by atomic mass is 9.88. The van der Waals surface area contributed by atoms with Crippen LogP contribution in [-0.4, -0.2) is 37.3 Å². The van der Waals surface area contributed by atoms with Crippen LogP contribution < -0.4 is 0 Å². The highest BCUT2D eigenvalue weighted by atomic mass is 16.5. The molecule has 1 saturated carbocycles. The summed E-state index contributed by atoms with van der Waals surface area (Å²) >= 11 is 0. The van der Waals surface area contributed by atoms with Gasteiger partial charge in [-0.25, -0.2) is 0 Å². The highest BCUT2D eigenvalue weighted by Crippen LogP contribution is 2.34. The minimum atomic E-state index is -0.0684. The van der Waals surface area contributed by atoms with Crippen LogP contribution in [0.3, 0.4) is 0 Å². The van der Waals surface area contributed by atoms with Crippen molar-refractivity contribution in [2.75, 3.05) is 6.54 Å². The third-order valence-electron chi connectivity index (χ3n) is 5.68. The molecule has 2 aromatic rings. The summed E-state index contributed by atoms with van der Waals surface area (Å²) in [5.74, 6) is 1.58. The van der Waals surface area contributed by atoms with Gasteiger partial charge in [-0.15, -0.1) is 0 Å². The summed E-state index contributed by atoms with van der Waals surface area (Å²) in [6.45, 7) is 0.802. The van der Waals surface area contributed by atoms with E-state index >= 15 is 0 Å². The van der Waals surface area contributed by atoms with E-state index in [1.54, 1.807) is 10.9 Å². The normalized spacial score (nSPS) is 22.3. The topological polar surface area (TPSA) is 77.0 Å². The first-order valence-corrected chi connectivity index (χ1v) is 9.85. The summed E-state index contributed by atoms with van der Waals surface area (Å²) in [5, 5.41) is 8.39. The molecule has 1 aliphatic heterocycles. The predicted molar refractivity (Wildman–Crippen MR) is 96.0 cm³/mol. The maximum Gasteiger partial charge on any atom is 0.261 e. The molecule has 1 amide bonds. The molecule has 0 spiro atoms. The molecule has 7 heteroatoms. The van der Waals surface area contributed by atoms with E-state index in [1.165, 1.54) is 19.3 Å². The van der Waals surface area contributed by atoms with Crippen molar-refractivity contribution >= 4 is 5.91 Å². The van der Waals surface area contributed by atoms with Gasteiger partial charge in [0.15, 0.2) is 5.82 Å². The lowest BCUT2D eigenvalue weighted by Gasteiger charge is -2.32. The van der Waals surface area contributed by atoms with E-state index in [4.69, 9.17) is 4.52 Å². The van der Waals surface area contributed by atoms with Crippen LogP contribution in [0.4, 0.5) is 0 Å². The molecule has 1 atom stereocenters. The quantitative estimate of drug-likeness (QED) is 0.840. The zero-order valence-electron chi connectivity index (χ0n) is 15.4. The number of likely N-dealkylation sites (tertiary alicyclic amines) is 1. The highest BCUT2D eigenvalue weighted by Gasteiger charge is 2.34. The van der Waals surface area contributed by atoms with E-state index in [1.807, 2.05) is 18.1 Å². The first-order valence-electron chi connectivity index (χ1n) is 9.85. The molecule has 0 bridgehead atoms. The second-order valence-corrected chi connectivity index (χ2v) is 7.59. The van der Waals surface area contributed by atoms with Crippen LogP contribution >= 0.6 is 0 Å². The fraction of sp³-hybridized carbons (Fsp3) is 0.684. The Morgan fingerprint density at radius 2 is 1.88 bits per heavy atom. The summed E-state index contributed by atoms with van der Waals surface area (Å²) in [7, 11) is 1.86. The molecule has 2 fully saturated rings. The third-order valence-corrected chi connectivity index (χ3v) is 5.68. The molecule has 4 rings (SSSR count). The van der Waals surface area contributed by atoms with Crippen LogP contribution in [-0.2, 0) is 11.8 Å². The van der Waals surface area contributed by atoms with Gasteiger partial charge < -0.3 is 9.42 Å². The number of nitrogens with zero attached hydrogens (tertiary/aromatic N) is 5. The maximum absolute atomic E-state index is 13.2. The van der Waals surface area contributed by atoms with Crippen molar-refractivity contribution in [3.8, 4) is 11.5 Å². The average Bonchev–Trinajstić information content (AvgIpc) is 3.25. The minimum Gasteiger partial charge on any atom is -0.334 e. The number of aromatic nitrogens is 4. The van der Waals surface area contributed by atoms with E-state index in [2.05, 4.69) is 15.2 Å². The second kappa shape index (κ2) is 7.60. The van der Waals surface area contributed by atoms with Crippen LogP contribution in [0, 0.1) is 5.92 Å². The van der Waals surface area contributed by atoms with Gasteiger partial charge in [0, 0.05) is 25.7 Å². The van der Waals surface area contributed by atoms with Gasteiger partial charge >= 0.3 is 0 Å². The zero-order valence-corrected chi connectivity index (χ0v) is 15.4. The average molecular weight is 357 g/mol. The van der Waals surface area contributed by atoms with Crippen molar-refractivity contribution in [1.82, 2.24) is 24.8 Å². The Hall–Kier alpha value is -2.18. The minimum absolute atomic E-state index is 0.0684. The summed E-state index contributed by atoms with van der Waals surface area (Å²) in [4.78, 5) is 19.9. The van der Waals surface area contributed by atoms with E-state index in [0.717, 1.165) is 50.6 Å². The predicted octanol–water partition coefficient (Wildman–Crippen LogP) is 3.49. The molecule has 0 N–H and O–H groups in total. The van der Waals surface area contributed by atoms with E-state index in [9.17, 15) is 4.79 Å². The van der Waals surface area contributed by atoms with Gasteiger partial charge in [-0.1, -0.05) is 37.3 Å². The molecule has 0 radical (unpaired) electrons. The molecular weight excluding hydrogens is 330 g/mol. The molecule has 140 valence electrons. The molecule has 0 aromatic carbocycles. The summed E-state index contributed by atoms with van der Waals surface area (Å²) in [6.07, 6.45) is 13.4. The van der Waals surface area contributed by atoms with Crippen molar-refractivity contribution in [3.05, 3.63) is 18.2 Å². The van der Waals surface area contributed by atoms with Crippen molar-refractivity contribution in [2.24, 2.45) is 13.0 Å². The standard InChI is InChI=1S/C19H27N5O2/c1-23-13-15(12-20-23)18-21-17(22-26-18)16-10-6-3-7-11-24(16)19(25)14-8-4-2-5-9-14/h12-14,16H,2-11H2,1H3/t16-/m0/s1. The molecule has 3 heterocycles. The van der Waals surface area contributed by atoms with Gasteiger partial charge in [0.25, 0.3) is 5.89 Å². The number of hydrogen-bond acceptors (Lipinski definition) is 5. The summed E-state index contributed by atoms with van der Waals surface area (Å²) in [5.41, 5.74) is 0.810. The maximum atomic E-state index is 13.2. The lowest BCUT2D eigenvalue weighted by molar-refractivity contribution is -0.139. The molecule has 1 aliphatic carbocycles. The Bertz CT molecular complexity index is 747. The fourth-order valence-corrected chi connectivity index (χ4v) is 4.24. The number of rotatable bonds is 3. The number of aryl methyl sites for hydroxylation is 1.